The van der Waals surface area contributed by atoms with Crippen LogP contribution in [0.25, 0.3) is 0 Å². The number of carbonyl (C=O) groups excluding carboxylic acids is 1. The van der Waals surface area contributed by atoms with Gasteiger partial charge in [-0.25, -0.2) is 4.79 Å². The molecule has 1 amide bonds. The van der Waals surface area contributed by atoms with Crippen molar-refractivity contribution in [2.45, 2.75) is 40.2 Å². The molecule has 7 nitrogen and oxygen atoms in total. The maximum Gasteiger partial charge on any atom is 0.410 e. The molecule has 2 fully saturated rings. The van der Waals surface area contributed by atoms with E-state index in [2.05, 4.69) is 4.90 Å². The van der Waals surface area contributed by atoms with Crippen molar-refractivity contribution in [3.63, 3.8) is 0 Å². The lowest BCUT2D eigenvalue weighted by atomic mass is 10.0. The Labute approximate surface area is 155 Å². The number of rotatable bonds is 2. The number of hydrogen-bond acceptors (Lipinski definition) is 5. The number of hydrogen-bond donors (Lipinski definition) is 0. The highest BCUT2D eigenvalue weighted by molar-refractivity contribution is 5.68. The molecule has 2 unspecified atom stereocenters. The number of likely N-dealkylation sites (tertiary alicyclic amines) is 1. The molecule has 2 aliphatic rings. The van der Waals surface area contributed by atoms with Gasteiger partial charge in [-0.3, -0.25) is 10.1 Å². The number of benzene rings is 1. The van der Waals surface area contributed by atoms with E-state index in [1.165, 1.54) is 12.1 Å². The molecule has 2 heterocycles. The predicted octanol–water partition coefficient (Wildman–Crippen LogP) is 3.92. The second-order valence-corrected chi connectivity index (χ2v) is 7.58. The van der Waals surface area contributed by atoms with Crippen LogP contribution in [0.15, 0.2) is 24.3 Å². The highest BCUT2D eigenvalue weighted by atomic mass is 16.6. The number of nitro groups is 1. The van der Waals surface area contributed by atoms with Crippen LogP contribution in [0.4, 0.5) is 16.2 Å². The van der Waals surface area contributed by atoms with Crippen LogP contribution in [-0.2, 0) is 4.74 Å². The van der Waals surface area contributed by atoms with E-state index >= 15 is 0 Å². The lowest BCUT2D eigenvalue weighted by molar-refractivity contribution is -0.384. The number of carbonyl (C=O) groups is 1. The second kappa shape index (κ2) is 7.93. The van der Waals surface area contributed by atoms with Crippen molar-refractivity contribution >= 4 is 17.5 Å². The first-order valence-corrected chi connectivity index (χ1v) is 9.20. The molecule has 1 aromatic rings. The molecule has 1 aromatic carbocycles. The monoisotopic (exact) mass is 363 g/mol. The van der Waals surface area contributed by atoms with Gasteiger partial charge in [-0.2, -0.15) is 0 Å². The first-order chi connectivity index (χ1) is 12.2. The first kappa shape index (κ1) is 20.0. The number of nitro benzene ring substituents is 1. The molecule has 0 bridgehead atoms. The van der Waals surface area contributed by atoms with Gasteiger partial charge in [-0.05, 0) is 32.9 Å². The van der Waals surface area contributed by atoms with E-state index < -0.39 is 5.60 Å². The number of amides is 1. The molecule has 0 aromatic heterocycles. The Balaban J connectivity index is 0.00000117. The second-order valence-electron chi connectivity index (χ2n) is 7.58. The van der Waals surface area contributed by atoms with Crippen molar-refractivity contribution in [3.05, 3.63) is 34.4 Å². The molecule has 2 saturated heterocycles. The highest BCUT2D eigenvalue weighted by Crippen LogP contribution is 2.35. The summed E-state index contributed by atoms with van der Waals surface area (Å²) in [5.74, 6) is 0.848. The Morgan fingerprint density at radius 2 is 1.58 bits per heavy atom. The first-order valence-electron chi connectivity index (χ1n) is 9.20. The fourth-order valence-corrected chi connectivity index (χ4v) is 3.46. The van der Waals surface area contributed by atoms with Gasteiger partial charge in [0.2, 0.25) is 0 Å². The molecule has 0 spiro atoms. The summed E-state index contributed by atoms with van der Waals surface area (Å²) in [5.41, 5.74) is 0.632. The zero-order chi connectivity index (χ0) is 19.5. The standard InChI is InChI=1S/C17H23N3O4.C2H6/c1-17(2,3)24-16(21)19-10-12-8-18(9-13(12)11-19)14-4-6-15(7-5-14)20(22)23;1-2/h4-7,12-13H,8-11H2,1-3H3;1-2H3. The molecular weight excluding hydrogens is 334 g/mol. The molecule has 0 aliphatic carbocycles. The third-order valence-corrected chi connectivity index (χ3v) is 4.56. The topological polar surface area (TPSA) is 75.9 Å². The molecule has 3 rings (SSSR count). The normalized spacial score (nSPS) is 21.7. The van der Waals surface area contributed by atoms with Crippen molar-refractivity contribution < 1.29 is 14.5 Å². The third-order valence-electron chi connectivity index (χ3n) is 4.56. The Hall–Kier alpha value is -2.31. The van der Waals surface area contributed by atoms with Gasteiger partial charge in [0, 0.05) is 55.8 Å². The number of fused-ring (bicyclic) bond motifs is 1. The number of ether oxygens (including phenoxy) is 1. The Kier molecular flexibility index (Phi) is 6.10. The summed E-state index contributed by atoms with van der Waals surface area (Å²) in [6, 6.07) is 6.67. The van der Waals surface area contributed by atoms with Crippen LogP contribution in [0.1, 0.15) is 34.6 Å². The molecule has 0 saturated carbocycles. The van der Waals surface area contributed by atoms with E-state index in [0.29, 0.717) is 24.9 Å². The molecular formula is C19H29N3O4. The van der Waals surface area contributed by atoms with E-state index in [1.54, 1.807) is 17.0 Å². The van der Waals surface area contributed by atoms with Crippen molar-refractivity contribution in [3.8, 4) is 0 Å². The largest absolute Gasteiger partial charge is 0.444 e. The van der Waals surface area contributed by atoms with Gasteiger partial charge in [-0.1, -0.05) is 13.8 Å². The van der Waals surface area contributed by atoms with Gasteiger partial charge < -0.3 is 14.5 Å². The van der Waals surface area contributed by atoms with Crippen LogP contribution in [0.2, 0.25) is 0 Å². The zero-order valence-electron chi connectivity index (χ0n) is 16.3. The van der Waals surface area contributed by atoms with Crippen LogP contribution in [0.5, 0.6) is 0 Å². The van der Waals surface area contributed by atoms with Crippen molar-refractivity contribution in [1.29, 1.82) is 0 Å². The number of anilines is 1. The van der Waals surface area contributed by atoms with Gasteiger partial charge in [0.25, 0.3) is 5.69 Å². The van der Waals surface area contributed by atoms with E-state index in [-0.39, 0.29) is 16.7 Å². The minimum Gasteiger partial charge on any atom is -0.444 e. The predicted molar refractivity (Wildman–Crippen MR) is 101 cm³/mol. The maximum absolute atomic E-state index is 12.2. The SMILES string of the molecule is CC.CC(C)(C)OC(=O)N1CC2CN(c3ccc([N+](=O)[O-])cc3)CC2C1. The average molecular weight is 363 g/mol. The van der Waals surface area contributed by atoms with Gasteiger partial charge in [0.1, 0.15) is 5.60 Å². The van der Waals surface area contributed by atoms with E-state index in [0.717, 1.165) is 18.8 Å². The summed E-state index contributed by atoms with van der Waals surface area (Å²) < 4.78 is 5.44. The molecule has 7 heteroatoms. The maximum atomic E-state index is 12.2. The van der Waals surface area contributed by atoms with Crippen LogP contribution in [0.3, 0.4) is 0 Å². The summed E-state index contributed by atoms with van der Waals surface area (Å²) in [6.07, 6.45) is -0.237. The Morgan fingerprint density at radius 1 is 1.08 bits per heavy atom. The fraction of sp³-hybridized carbons (Fsp3) is 0.632. The summed E-state index contributed by atoms with van der Waals surface area (Å²) in [5, 5.41) is 10.7. The van der Waals surface area contributed by atoms with Crippen molar-refractivity contribution in [1.82, 2.24) is 4.90 Å². The summed E-state index contributed by atoms with van der Waals surface area (Å²) >= 11 is 0. The Bertz CT molecular complexity index is 625. The molecule has 2 aliphatic heterocycles. The van der Waals surface area contributed by atoms with Crippen molar-refractivity contribution in [2.75, 3.05) is 31.1 Å². The van der Waals surface area contributed by atoms with Gasteiger partial charge >= 0.3 is 6.09 Å². The minimum absolute atomic E-state index is 0.106. The third kappa shape index (κ3) is 4.65. The van der Waals surface area contributed by atoms with Crippen LogP contribution >= 0.6 is 0 Å². The van der Waals surface area contributed by atoms with Crippen LogP contribution < -0.4 is 4.90 Å². The number of non-ortho nitro benzene ring substituents is 1. The van der Waals surface area contributed by atoms with Gasteiger partial charge in [0.05, 0.1) is 4.92 Å². The number of nitrogens with zero attached hydrogens (tertiary/aromatic N) is 3. The quantitative estimate of drug-likeness (QED) is 0.588. The van der Waals surface area contributed by atoms with Crippen LogP contribution in [-0.4, -0.2) is 47.7 Å². The smallest absolute Gasteiger partial charge is 0.410 e. The lowest BCUT2D eigenvalue weighted by Crippen LogP contribution is -2.37. The van der Waals surface area contributed by atoms with Gasteiger partial charge in [-0.15, -0.1) is 0 Å². The molecule has 0 radical (unpaired) electrons. The molecule has 26 heavy (non-hydrogen) atoms. The molecule has 2 atom stereocenters. The summed E-state index contributed by atoms with van der Waals surface area (Å²) in [4.78, 5) is 26.6. The zero-order valence-corrected chi connectivity index (χ0v) is 16.3. The minimum atomic E-state index is -0.473. The van der Waals surface area contributed by atoms with E-state index in [4.69, 9.17) is 4.74 Å². The average Bonchev–Trinajstić information content (AvgIpc) is 3.14. The van der Waals surface area contributed by atoms with E-state index in [1.807, 2.05) is 34.6 Å². The summed E-state index contributed by atoms with van der Waals surface area (Å²) in [7, 11) is 0. The molecule has 0 N–H and O–H groups in total. The summed E-state index contributed by atoms with van der Waals surface area (Å²) in [6.45, 7) is 12.8. The van der Waals surface area contributed by atoms with E-state index in [9.17, 15) is 14.9 Å². The van der Waals surface area contributed by atoms with Gasteiger partial charge in [0.15, 0.2) is 0 Å². The Morgan fingerprint density at radius 3 is 2.00 bits per heavy atom. The molecule has 144 valence electrons. The highest BCUT2D eigenvalue weighted by Gasteiger charge is 2.42. The lowest BCUT2D eigenvalue weighted by Gasteiger charge is -2.26. The van der Waals surface area contributed by atoms with Crippen LogP contribution in [0, 0.1) is 22.0 Å². The van der Waals surface area contributed by atoms with Crippen molar-refractivity contribution in [2.24, 2.45) is 11.8 Å². The fourth-order valence-electron chi connectivity index (χ4n) is 3.46.